The zero-order valence-electron chi connectivity index (χ0n) is 29.8. The second kappa shape index (κ2) is 16.7. The number of para-hydroxylation sites is 1. The van der Waals surface area contributed by atoms with Crippen LogP contribution in [0.3, 0.4) is 0 Å². The van der Waals surface area contributed by atoms with Gasteiger partial charge in [-0.3, -0.25) is 0 Å². The molecule has 2 atom stereocenters. The Kier molecular flexibility index (Phi) is 11.0. The molecule has 0 saturated carbocycles. The first-order valence-corrected chi connectivity index (χ1v) is 18.4. The molecule has 2 aliphatic rings. The predicted molar refractivity (Wildman–Crippen MR) is 226 cm³/mol. The van der Waals surface area contributed by atoms with Crippen molar-refractivity contribution in [3.63, 3.8) is 0 Å². The molecule has 2 unspecified atom stereocenters. The van der Waals surface area contributed by atoms with Gasteiger partial charge in [0.1, 0.15) is 0 Å². The molecular weight excluding hydrogens is 629 g/mol. The second-order valence-electron chi connectivity index (χ2n) is 13.3. The van der Waals surface area contributed by atoms with Gasteiger partial charge in [-0.25, -0.2) is 0 Å². The van der Waals surface area contributed by atoms with Gasteiger partial charge in [0.15, 0.2) is 0 Å². The van der Waals surface area contributed by atoms with Gasteiger partial charge < -0.3 is 9.80 Å². The van der Waals surface area contributed by atoms with Gasteiger partial charge in [-0.1, -0.05) is 158 Å². The topological polar surface area (TPSA) is 6.48 Å². The van der Waals surface area contributed by atoms with Crippen molar-refractivity contribution < 1.29 is 0 Å². The summed E-state index contributed by atoms with van der Waals surface area (Å²) in [5, 5.41) is 4.80. The van der Waals surface area contributed by atoms with E-state index in [9.17, 15) is 0 Å². The molecule has 0 amide bonds. The lowest BCUT2D eigenvalue weighted by Gasteiger charge is -2.32. The van der Waals surface area contributed by atoms with Crippen LogP contribution in [0.5, 0.6) is 0 Å². The Labute approximate surface area is 309 Å². The minimum Gasteiger partial charge on any atom is -0.334 e. The van der Waals surface area contributed by atoms with Crippen molar-refractivity contribution in [2.45, 2.75) is 31.7 Å². The van der Waals surface area contributed by atoms with E-state index < -0.39 is 0 Å². The molecule has 0 spiro atoms. The van der Waals surface area contributed by atoms with Crippen LogP contribution in [-0.2, 0) is 0 Å². The zero-order valence-corrected chi connectivity index (χ0v) is 29.8. The standard InChI is InChI=1S/C50H46N2/c1-3-18-40-21-11-12-23-44(40)38-51(46-26-7-5-8-27-46)47-35-33-41(34-36-47)43-25-15-19-39(37-43)20-16-30-45(4-2)52(48-28-9-6-10-29-48)50-32-17-24-42-22-13-14-31-49(42)50/h3-7,9-18,20-26,28-29,31-39,45H,1-2,8,19,27,30H2/b20-16+,40-18-,44-38+. The predicted octanol–water partition coefficient (Wildman–Crippen LogP) is 11.6. The molecule has 2 nitrogen and oxygen atoms in total. The fraction of sp³-hybridized carbons (Fsp3) is 0.120. The monoisotopic (exact) mass is 674 g/mol. The van der Waals surface area contributed by atoms with Crippen molar-refractivity contribution in [3.05, 3.63) is 217 Å². The van der Waals surface area contributed by atoms with Crippen LogP contribution >= 0.6 is 0 Å². The fourth-order valence-corrected chi connectivity index (χ4v) is 7.22. The molecule has 256 valence electrons. The fourth-order valence-electron chi connectivity index (χ4n) is 7.22. The van der Waals surface area contributed by atoms with E-state index in [2.05, 4.69) is 211 Å². The number of allylic oxidation sites excluding steroid dienone is 10. The number of hydrogen-bond acceptors (Lipinski definition) is 2. The zero-order chi connectivity index (χ0) is 35.5. The van der Waals surface area contributed by atoms with Crippen molar-refractivity contribution >= 4 is 45.7 Å². The van der Waals surface area contributed by atoms with E-state index in [-0.39, 0.29) is 6.04 Å². The summed E-state index contributed by atoms with van der Waals surface area (Å²) in [6.45, 7) is 8.22. The molecule has 5 aromatic carbocycles. The van der Waals surface area contributed by atoms with Gasteiger partial charge in [0.25, 0.3) is 0 Å². The van der Waals surface area contributed by atoms with Crippen LogP contribution in [0.1, 0.15) is 31.2 Å². The Bertz CT molecular complexity index is 2290. The van der Waals surface area contributed by atoms with Gasteiger partial charge in [0.05, 0.1) is 6.04 Å². The summed E-state index contributed by atoms with van der Waals surface area (Å²) in [7, 11) is 0. The molecule has 2 aliphatic carbocycles. The third kappa shape index (κ3) is 7.93. The van der Waals surface area contributed by atoms with Crippen molar-refractivity contribution in [2.24, 2.45) is 5.92 Å². The Morgan fingerprint density at radius 3 is 2.31 bits per heavy atom. The molecule has 2 heteroatoms. The normalized spacial score (nSPS) is 16.8. The quantitative estimate of drug-likeness (QED) is 0.122. The highest BCUT2D eigenvalue weighted by molar-refractivity contribution is 5.96. The molecule has 0 radical (unpaired) electrons. The lowest BCUT2D eigenvalue weighted by Crippen LogP contribution is -2.29. The largest absolute Gasteiger partial charge is 0.334 e. The maximum absolute atomic E-state index is 4.30. The van der Waals surface area contributed by atoms with Crippen LogP contribution in [0.4, 0.5) is 17.1 Å². The molecule has 0 N–H and O–H groups in total. The first-order chi connectivity index (χ1) is 25.7. The van der Waals surface area contributed by atoms with Crippen LogP contribution in [0.15, 0.2) is 201 Å². The lowest BCUT2D eigenvalue weighted by atomic mass is 9.91. The summed E-state index contributed by atoms with van der Waals surface area (Å²) in [5.41, 5.74) is 7.28. The number of anilines is 3. The number of hydrogen-bond donors (Lipinski definition) is 0. The molecule has 7 rings (SSSR count). The summed E-state index contributed by atoms with van der Waals surface area (Å²) in [6.07, 6.45) is 30.5. The molecular formula is C50H46N2. The molecule has 0 heterocycles. The molecule has 0 fully saturated rings. The van der Waals surface area contributed by atoms with Gasteiger partial charge >= 0.3 is 0 Å². The van der Waals surface area contributed by atoms with E-state index in [0.29, 0.717) is 5.92 Å². The van der Waals surface area contributed by atoms with Crippen LogP contribution in [-0.4, -0.2) is 6.04 Å². The van der Waals surface area contributed by atoms with Crippen molar-refractivity contribution in [1.29, 1.82) is 0 Å². The van der Waals surface area contributed by atoms with E-state index in [1.54, 1.807) is 0 Å². The Morgan fingerprint density at radius 1 is 0.750 bits per heavy atom. The van der Waals surface area contributed by atoms with Crippen molar-refractivity contribution in [2.75, 3.05) is 9.80 Å². The summed E-state index contributed by atoms with van der Waals surface area (Å²) in [6, 6.07) is 43.4. The molecule has 52 heavy (non-hydrogen) atoms. The SMILES string of the molecule is C=C/C=c1/cccc/c1=C\N(C1=CC=CCC1)c1ccc(C2=CC(/C=C/CC(C=C)N(c3ccccc3)c3cccc4ccccc34)CC=C2)cc1. The van der Waals surface area contributed by atoms with Gasteiger partial charge in [0.2, 0.25) is 0 Å². The Hall–Kier alpha value is -6.12. The molecule has 0 aromatic heterocycles. The van der Waals surface area contributed by atoms with Crippen LogP contribution in [0, 0.1) is 5.92 Å². The average molecular weight is 675 g/mol. The first-order valence-electron chi connectivity index (χ1n) is 18.4. The van der Waals surface area contributed by atoms with E-state index >= 15 is 0 Å². The minimum absolute atomic E-state index is 0.0933. The van der Waals surface area contributed by atoms with Crippen molar-refractivity contribution in [3.8, 4) is 0 Å². The summed E-state index contributed by atoms with van der Waals surface area (Å²) in [4.78, 5) is 4.77. The van der Waals surface area contributed by atoms with E-state index in [0.717, 1.165) is 47.5 Å². The number of benzene rings is 5. The van der Waals surface area contributed by atoms with Gasteiger partial charge in [-0.05, 0) is 95.0 Å². The maximum atomic E-state index is 4.30. The van der Waals surface area contributed by atoms with Crippen LogP contribution in [0.2, 0.25) is 0 Å². The third-order valence-electron chi connectivity index (χ3n) is 9.87. The highest BCUT2D eigenvalue weighted by atomic mass is 15.2. The summed E-state index contributed by atoms with van der Waals surface area (Å²) >= 11 is 0. The third-order valence-corrected chi connectivity index (χ3v) is 9.87. The van der Waals surface area contributed by atoms with Gasteiger partial charge in [0, 0.05) is 34.3 Å². The van der Waals surface area contributed by atoms with Crippen molar-refractivity contribution in [1.82, 2.24) is 0 Å². The number of fused-ring (bicyclic) bond motifs is 1. The van der Waals surface area contributed by atoms with Crippen LogP contribution < -0.4 is 20.2 Å². The van der Waals surface area contributed by atoms with Gasteiger partial charge in [-0.2, -0.15) is 0 Å². The smallest absolute Gasteiger partial charge is 0.0554 e. The van der Waals surface area contributed by atoms with E-state index in [4.69, 9.17) is 0 Å². The number of rotatable bonds is 12. The van der Waals surface area contributed by atoms with E-state index in [1.165, 1.54) is 33.3 Å². The van der Waals surface area contributed by atoms with E-state index in [1.807, 2.05) is 6.08 Å². The lowest BCUT2D eigenvalue weighted by molar-refractivity contribution is 0.776. The number of nitrogens with zero attached hydrogens (tertiary/aromatic N) is 2. The highest BCUT2D eigenvalue weighted by Crippen LogP contribution is 2.36. The molecule has 0 bridgehead atoms. The minimum atomic E-state index is 0.0933. The van der Waals surface area contributed by atoms with Crippen LogP contribution in [0.25, 0.3) is 28.6 Å². The molecule has 0 saturated heterocycles. The maximum Gasteiger partial charge on any atom is 0.0554 e. The highest BCUT2D eigenvalue weighted by Gasteiger charge is 2.20. The second-order valence-corrected chi connectivity index (χ2v) is 13.3. The summed E-state index contributed by atoms with van der Waals surface area (Å²) in [5.74, 6) is 0.328. The Balaban J connectivity index is 1.12. The van der Waals surface area contributed by atoms with Gasteiger partial charge in [-0.15, -0.1) is 6.58 Å². The summed E-state index contributed by atoms with van der Waals surface area (Å²) < 4.78 is 0. The molecule has 0 aliphatic heterocycles. The average Bonchev–Trinajstić information content (AvgIpc) is 3.21. The Morgan fingerprint density at radius 2 is 1.52 bits per heavy atom. The molecule has 5 aromatic rings. The first kappa shape index (κ1) is 34.3.